The van der Waals surface area contributed by atoms with E-state index in [-0.39, 0.29) is 6.10 Å². The molecular formula is C13H15ClN2O2. The Bertz CT molecular complexity index is 563. The van der Waals surface area contributed by atoms with Crippen molar-refractivity contribution in [3.8, 4) is 5.75 Å². The van der Waals surface area contributed by atoms with Gasteiger partial charge in [-0.1, -0.05) is 6.07 Å². The van der Waals surface area contributed by atoms with Crippen LogP contribution in [0.2, 0.25) is 0 Å². The molecule has 0 saturated carbocycles. The summed E-state index contributed by atoms with van der Waals surface area (Å²) in [5.41, 5.74) is 1.93. The molecule has 0 bridgehead atoms. The molecule has 1 atom stereocenters. The Morgan fingerprint density at radius 2 is 2.39 bits per heavy atom. The SMILES string of the molecule is COc1cccc2c1nc(CCl)n2C[C@@H]1CCO1. The molecule has 2 heterocycles. The Morgan fingerprint density at radius 1 is 1.56 bits per heavy atom. The molecule has 1 saturated heterocycles. The molecule has 0 radical (unpaired) electrons. The summed E-state index contributed by atoms with van der Waals surface area (Å²) in [5, 5.41) is 0. The number of rotatable bonds is 4. The highest BCUT2D eigenvalue weighted by Crippen LogP contribution is 2.27. The fourth-order valence-electron chi connectivity index (χ4n) is 2.27. The summed E-state index contributed by atoms with van der Waals surface area (Å²) >= 11 is 5.98. The molecule has 2 aromatic rings. The Morgan fingerprint density at radius 3 is 3.00 bits per heavy atom. The summed E-state index contributed by atoms with van der Waals surface area (Å²) in [5.74, 6) is 2.05. The predicted octanol–water partition coefficient (Wildman–Crippen LogP) is 2.57. The molecule has 1 fully saturated rings. The number of hydrogen-bond donors (Lipinski definition) is 0. The Hall–Kier alpha value is -1.26. The maximum atomic E-state index is 5.98. The third-order valence-corrected chi connectivity index (χ3v) is 3.58. The van der Waals surface area contributed by atoms with E-state index >= 15 is 0 Å². The van der Waals surface area contributed by atoms with Crippen LogP contribution < -0.4 is 4.74 Å². The zero-order valence-electron chi connectivity index (χ0n) is 10.2. The second-order valence-corrected chi connectivity index (χ2v) is 4.65. The van der Waals surface area contributed by atoms with Crippen LogP contribution in [0.4, 0.5) is 0 Å². The van der Waals surface area contributed by atoms with Gasteiger partial charge in [-0.3, -0.25) is 0 Å². The molecule has 1 aliphatic rings. The van der Waals surface area contributed by atoms with Crippen LogP contribution >= 0.6 is 11.6 Å². The highest BCUT2D eigenvalue weighted by atomic mass is 35.5. The summed E-state index contributed by atoms with van der Waals surface area (Å²) in [4.78, 5) is 4.56. The number of aromatic nitrogens is 2. The van der Waals surface area contributed by atoms with Crippen molar-refractivity contribution in [2.24, 2.45) is 0 Å². The molecule has 5 heteroatoms. The number of fused-ring (bicyclic) bond motifs is 1. The van der Waals surface area contributed by atoms with Crippen molar-refractivity contribution < 1.29 is 9.47 Å². The summed E-state index contributed by atoms with van der Waals surface area (Å²) < 4.78 is 13.0. The molecule has 0 unspecified atom stereocenters. The minimum Gasteiger partial charge on any atom is -0.494 e. The molecule has 3 rings (SSSR count). The van der Waals surface area contributed by atoms with Gasteiger partial charge in [0.05, 0.1) is 31.2 Å². The fraction of sp³-hybridized carbons (Fsp3) is 0.462. The lowest BCUT2D eigenvalue weighted by molar-refractivity contribution is -0.0589. The summed E-state index contributed by atoms with van der Waals surface area (Å²) in [7, 11) is 1.66. The lowest BCUT2D eigenvalue weighted by Crippen LogP contribution is -2.31. The molecule has 0 N–H and O–H groups in total. The van der Waals surface area contributed by atoms with Crippen LogP contribution in [-0.4, -0.2) is 29.4 Å². The van der Waals surface area contributed by atoms with Crippen LogP contribution in [0.25, 0.3) is 11.0 Å². The number of halogens is 1. The van der Waals surface area contributed by atoms with Crippen LogP contribution in [0.3, 0.4) is 0 Å². The van der Waals surface area contributed by atoms with Gasteiger partial charge in [-0.2, -0.15) is 0 Å². The maximum absolute atomic E-state index is 5.98. The van der Waals surface area contributed by atoms with E-state index in [2.05, 4.69) is 9.55 Å². The van der Waals surface area contributed by atoms with Gasteiger partial charge in [0.2, 0.25) is 0 Å². The molecule has 1 aromatic carbocycles. The third-order valence-electron chi connectivity index (χ3n) is 3.34. The molecule has 0 spiro atoms. The number of ether oxygens (including phenoxy) is 2. The number of nitrogens with zero attached hydrogens (tertiary/aromatic N) is 2. The van der Waals surface area contributed by atoms with E-state index in [9.17, 15) is 0 Å². The quantitative estimate of drug-likeness (QED) is 0.798. The van der Waals surface area contributed by atoms with E-state index in [1.807, 2.05) is 18.2 Å². The van der Waals surface area contributed by atoms with Crippen LogP contribution in [0.15, 0.2) is 18.2 Å². The largest absolute Gasteiger partial charge is 0.494 e. The lowest BCUT2D eigenvalue weighted by Gasteiger charge is -2.27. The average molecular weight is 267 g/mol. The van der Waals surface area contributed by atoms with Crippen molar-refractivity contribution in [2.45, 2.75) is 24.9 Å². The summed E-state index contributed by atoms with van der Waals surface area (Å²) in [6, 6.07) is 5.93. The van der Waals surface area contributed by atoms with Crippen LogP contribution in [0.5, 0.6) is 5.75 Å². The van der Waals surface area contributed by atoms with Gasteiger partial charge in [0.25, 0.3) is 0 Å². The highest BCUT2D eigenvalue weighted by molar-refractivity contribution is 6.16. The minimum atomic E-state index is 0.288. The van der Waals surface area contributed by atoms with Gasteiger partial charge in [-0.15, -0.1) is 11.6 Å². The molecule has 4 nitrogen and oxygen atoms in total. The maximum Gasteiger partial charge on any atom is 0.146 e. The monoisotopic (exact) mass is 266 g/mol. The summed E-state index contributed by atoms with van der Waals surface area (Å²) in [6.07, 6.45) is 1.39. The van der Waals surface area contributed by atoms with Gasteiger partial charge in [0.15, 0.2) is 0 Å². The van der Waals surface area contributed by atoms with E-state index in [0.717, 1.165) is 42.2 Å². The third kappa shape index (κ3) is 1.85. The first-order chi connectivity index (χ1) is 8.83. The van der Waals surface area contributed by atoms with Gasteiger partial charge in [-0.25, -0.2) is 4.98 Å². The second-order valence-electron chi connectivity index (χ2n) is 4.38. The van der Waals surface area contributed by atoms with Crippen LogP contribution in [0.1, 0.15) is 12.2 Å². The fourth-order valence-corrected chi connectivity index (χ4v) is 2.48. The Kier molecular flexibility index (Phi) is 3.14. The first-order valence-corrected chi connectivity index (χ1v) is 6.56. The number of alkyl halides is 1. The lowest BCUT2D eigenvalue weighted by atomic mass is 10.2. The number of benzene rings is 1. The van der Waals surface area contributed by atoms with Gasteiger partial charge < -0.3 is 14.0 Å². The topological polar surface area (TPSA) is 36.3 Å². The first-order valence-electron chi connectivity index (χ1n) is 6.03. The molecular weight excluding hydrogens is 252 g/mol. The van der Waals surface area contributed by atoms with E-state index in [0.29, 0.717) is 5.88 Å². The number of imidazole rings is 1. The summed E-state index contributed by atoms with van der Waals surface area (Å²) in [6.45, 7) is 1.67. The zero-order valence-corrected chi connectivity index (χ0v) is 11.0. The van der Waals surface area contributed by atoms with E-state index in [4.69, 9.17) is 21.1 Å². The van der Waals surface area contributed by atoms with E-state index in [1.165, 1.54) is 0 Å². The van der Waals surface area contributed by atoms with Gasteiger partial charge in [-0.05, 0) is 18.6 Å². The van der Waals surface area contributed by atoms with E-state index in [1.54, 1.807) is 7.11 Å². The molecule has 0 aliphatic carbocycles. The van der Waals surface area contributed by atoms with Crippen molar-refractivity contribution in [3.05, 3.63) is 24.0 Å². The number of para-hydroxylation sites is 1. The van der Waals surface area contributed by atoms with Crippen molar-refractivity contribution in [2.75, 3.05) is 13.7 Å². The first kappa shape index (κ1) is 11.8. The predicted molar refractivity (Wildman–Crippen MR) is 70.2 cm³/mol. The second kappa shape index (κ2) is 4.78. The Labute approximate surface area is 110 Å². The van der Waals surface area contributed by atoms with Crippen molar-refractivity contribution in [1.29, 1.82) is 0 Å². The normalized spacial score (nSPS) is 18.9. The molecule has 0 amide bonds. The average Bonchev–Trinajstić information content (AvgIpc) is 2.71. The Balaban J connectivity index is 2.08. The van der Waals surface area contributed by atoms with Crippen LogP contribution in [0, 0.1) is 0 Å². The molecule has 96 valence electrons. The van der Waals surface area contributed by atoms with Crippen molar-refractivity contribution in [3.63, 3.8) is 0 Å². The smallest absolute Gasteiger partial charge is 0.146 e. The minimum absolute atomic E-state index is 0.288. The molecule has 1 aromatic heterocycles. The number of hydrogen-bond acceptors (Lipinski definition) is 3. The van der Waals surface area contributed by atoms with Crippen molar-refractivity contribution in [1.82, 2.24) is 9.55 Å². The van der Waals surface area contributed by atoms with Gasteiger partial charge in [0.1, 0.15) is 17.1 Å². The van der Waals surface area contributed by atoms with Gasteiger partial charge >= 0.3 is 0 Å². The van der Waals surface area contributed by atoms with Gasteiger partial charge in [0, 0.05) is 6.61 Å². The molecule has 18 heavy (non-hydrogen) atoms. The standard InChI is InChI=1S/C13H15ClN2O2/c1-17-11-4-2-3-10-13(11)15-12(7-14)16(10)8-9-5-6-18-9/h2-4,9H,5-8H2,1H3/t9-/m0/s1. The zero-order chi connectivity index (χ0) is 12.5. The van der Waals surface area contributed by atoms with Crippen LogP contribution in [-0.2, 0) is 17.2 Å². The van der Waals surface area contributed by atoms with E-state index < -0.39 is 0 Å². The molecule has 1 aliphatic heterocycles. The number of methoxy groups -OCH3 is 1. The highest BCUT2D eigenvalue weighted by Gasteiger charge is 2.22. The van der Waals surface area contributed by atoms with Crippen molar-refractivity contribution >= 4 is 22.6 Å².